The third-order valence-electron chi connectivity index (χ3n) is 7.34. The van der Waals surface area contributed by atoms with Crippen molar-refractivity contribution in [2.24, 2.45) is 0 Å². The van der Waals surface area contributed by atoms with Gasteiger partial charge >= 0.3 is 0 Å². The van der Waals surface area contributed by atoms with Crippen LogP contribution in [0.2, 0.25) is 0 Å². The second-order valence-corrected chi connectivity index (χ2v) is 9.94. The molecular formula is C30H22O12. The highest BCUT2D eigenvalue weighted by molar-refractivity contribution is 6.10. The van der Waals surface area contributed by atoms with Crippen LogP contribution in [-0.2, 0) is 0 Å². The molecule has 0 aromatic heterocycles. The summed E-state index contributed by atoms with van der Waals surface area (Å²) in [5.41, 5.74) is -0.839. The molecular weight excluding hydrogens is 552 g/mol. The van der Waals surface area contributed by atoms with E-state index >= 15 is 0 Å². The Balaban J connectivity index is 1.59. The number of aromatic hydroxyl groups is 7. The van der Waals surface area contributed by atoms with Gasteiger partial charge in [0, 0.05) is 18.2 Å². The summed E-state index contributed by atoms with van der Waals surface area (Å²) in [6.07, 6.45) is -4.70. The van der Waals surface area contributed by atoms with Crippen LogP contribution in [-0.4, -0.2) is 58.5 Å². The number of hydrogen-bond acceptors (Lipinski definition) is 12. The minimum absolute atomic E-state index is 0.0466. The van der Waals surface area contributed by atoms with E-state index in [0.29, 0.717) is 5.56 Å². The van der Waals surface area contributed by atoms with Gasteiger partial charge in [0.15, 0.2) is 29.5 Å². The largest absolute Gasteiger partial charge is 0.508 e. The molecule has 8 N–H and O–H groups in total. The lowest BCUT2D eigenvalue weighted by atomic mass is 9.78. The third-order valence-corrected chi connectivity index (χ3v) is 7.34. The van der Waals surface area contributed by atoms with Crippen LogP contribution in [0.25, 0.3) is 0 Å². The molecule has 0 spiro atoms. The summed E-state index contributed by atoms with van der Waals surface area (Å²) in [6, 6.07) is 11.8. The molecule has 0 bridgehead atoms. The molecule has 214 valence electrons. The molecule has 2 heterocycles. The molecule has 4 atom stereocenters. The molecule has 0 saturated heterocycles. The number of rotatable bonds is 3. The smallest absolute Gasteiger partial charge is 0.202 e. The molecule has 2 aliphatic rings. The van der Waals surface area contributed by atoms with Crippen molar-refractivity contribution in [3.63, 3.8) is 0 Å². The first kappa shape index (κ1) is 26.6. The third kappa shape index (κ3) is 4.04. The Hall–Kier alpha value is -5.62. The Kier molecular flexibility index (Phi) is 6.01. The number of phenols is 7. The van der Waals surface area contributed by atoms with Crippen LogP contribution >= 0.6 is 0 Å². The summed E-state index contributed by atoms with van der Waals surface area (Å²) in [6.45, 7) is 0. The molecule has 4 aromatic rings. The van der Waals surface area contributed by atoms with Crippen molar-refractivity contribution in [1.82, 2.24) is 0 Å². The number of hydrogen-bond donors (Lipinski definition) is 8. The van der Waals surface area contributed by atoms with E-state index in [9.17, 15) is 50.4 Å². The fourth-order valence-corrected chi connectivity index (χ4v) is 5.38. The molecule has 0 fully saturated rings. The van der Waals surface area contributed by atoms with Crippen molar-refractivity contribution in [3.05, 3.63) is 88.5 Å². The van der Waals surface area contributed by atoms with Crippen LogP contribution in [0, 0.1) is 0 Å². The first-order valence-corrected chi connectivity index (χ1v) is 12.5. The maximum atomic E-state index is 14.1. The predicted molar refractivity (Wildman–Crippen MR) is 142 cm³/mol. The van der Waals surface area contributed by atoms with E-state index in [0.717, 1.165) is 30.3 Å². The first-order chi connectivity index (χ1) is 20.0. The average molecular weight is 574 g/mol. The highest BCUT2D eigenvalue weighted by Crippen LogP contribution is 2.55. The lowest BCUT2D eigenvalue weighted by Gasteiger charge is -2.37. The number of fused-ring (bicyclic) bond motifs is 2. The van der Waals surface area contributed by atoms with Crippen molar-refractivity contribution >= 4 is 11.6 Å². The van der Waals surface area contributed by atoms with E-state index < -0.39 is 81.6 Å². The number of Topliss-reactive ketones (excluding diaryl/α,β-unsaturated/α-hetero) is 2. The SMILES string of the molecule is O=C1c2c(O)cc(O)cc2O[C@@H](c2ccc(O)cc2)C1c1c(O)cc(O)c2c1O[C@H](c1ccc(O)c(O)c1)[C@@H](O)C2=O. The monoisotopic (exact) mass is 574 g/mol. The molecule has 42 heavy (non-hydrogen) atoms. The normalized spacial score (nSPS) is 21.2. The first-order valence-electron chi connectivity index (χ1n) is 12.5. The van der Waals surface area contributed by atoms with Gasteiger partial charge < -0.3 is 50.3 Å². The van der Waals surface area contributed by atoms with Crippen molar-refractivity contribution in [3.8, 4) is 51.7 Å². The van der Waals surface area contributed by atoms with Crippen LogP contribution in [0.3, 0.4) is 0 Å². The van der Waals surface area contributed by atoms with Crippen LogP contribution in [0.5, 0.6) is 51.7 Å². The number of benzene rings is 4. The standard InChI is InChI=1S/C30H22O12/c31-13-4-1-11(2-5-13)28-24(25(38)21-17(35)8-14(32)9-20(21)41-28)22-18(36)10-19(37)23-26(39)27(40)29(42-30(22)23)12-3-6-15(33)16(34)7-12/h1-10,24,27-29,31-37,40H/t24?,27-,28-,29+/m0/s1. The molecule has 12 heteroatoms. The summed E-state index contributed by atoms with van der Waals surface area (Å²) in [5, 5.41) is 82.8. The minimum Gasteiger partial charge on any atom is -0.508 e. The zero-order chi connectivity index (χ0) is 30.0. The van der Waals surface area contributed by atoms with Crippen LogP contribution in [0.15, 0.2) is 60.7 Å². The van der Waals surface area contributed by atoms with E-state index in [1.54, 1.807) is 0 Å². The van der Waals surface area contributed by atoms with Crippen LogP contribution in [0.4, 0.5) is 0 Å². The van der Waals surface area contributed by atoms with Gasteiger partial charge in [0.25, 0.3) is 0 Å². The Labute approximate surface area is 236 Å². The van der Waals surface area contributed by atoms with Crippen molar-refractivity contribution in [2.75, 3.05) is 0 Å². The lowest BCUT2D eigenvalue weighted by Crippen LogP contribution is -2.38. The maximum absolute atomic E-state index is 14.1. The molecule has 0 saturated carbocycles. The highest BCUT2D eigenvalue weighted by Gasteiger charge is 2.48. The molecule has 0 radical (unpaired) electrons. The minimum atomic E-state index is -1.90. The second kappa shape index (κ2) is 9.49. The van der Waals surface area contributed by atoms with Gasteiger partial charge in [-0.25, -0.2) is 0 Å². The van der Waals surface area contributed by atoms with Gasteiger partial charge in [-0.2, -0.15) is 0 Å². The topological polar surface area (TPSA) is 214 Å². The predicted octanol–water partition coefficient (Wildman–Crippen LogP) is 3.40. The molecule has 2 aliphatic heterocycles. The summed E-state index contributed by atoms with van der Waals surface area (Å²) < 4.78 is 12.1. The quantitative estimate of drug-likeness (QED) is 0.165. The number of carbonyl (C=O) groups is 2. The number of ketones is 2. The zero-order valence-electron chi connectivity index (χ0n) is 21.3. The molecule has 0 aliphatic carbocycles. The molecule has 6 rings (SSSR count). The summed E-state index contributed by atoms with van der Waals surface area (Å²) in [7, 11) is 0. The number of aliphatic hydroxyl groups excluding tert-OH is 1. The van der Waals surface area contributed by atoms with Crippen LogP contribution in [0.1, 0.15) is 55.5 Å². The zero-order valence-corrected chi connectivity index (χ0v) is 21.3. The van der Waals surface area contributed by atoms with E-state index in [-0.39, 0.29) is 28.2 Å². The van der Waals surface area contributed by atoms with Crippen molar-refractivity contribution < 1.29 is 59.9 Å². The Morgan fingerprint density at radius 2 is 1.21 bits per heavy atom. The van der Waals surface area contributed by atoms with Gasteiger partial charge in [-0.1, -0.05) is 18.2 Å². The van der Waals surface area contributed by atoms with Gasteiger partial charge in [-0.05, 0) is 35.4 Å². The maximum Gasteiger partial charge on any atom is 0.202 e. The van der Waals surface area contributed by atoms with Crippen molar-refractivity contribution in [1.29, 1.82) is 0 Å². The highest BCUT2D eigenvalue weighted by atomic mass is 16.5. The fourth-order valence-electron chi connectivity index (χ4n) is 5.38. The van der Waals surface area contributed by atoms with Crippen LogP contribution < -0.4 is 9.47 Å². The fraction of sp³-hybridized carbons (Fsp3) is 0.133. The second-order valence-electron chi connectivity index (χ2n) is 9.94. The Morgan fingerprint density at radius 3 is 1.90 bits per heavy atom. The number of phenolic OH excluding ortho intramolecular Hbond substituents is 7. The Bertz CT molecular complexity index is 1780. The number of aliphatic hydroxyl groups is 1. The summed E-state index contributed by atoms with van der Waals surface area (Å²) in [4.78, 5) is 27.5. The van der Waals surface area contributed by atoms with Gasteiger partial charge in [-0.3, -0.25) is 9.59 Å². The molecule has 1 unspecified atom stereocenters. The van der Waals surface area contributed by atoms with E-state index in [1.807, 2.05) is 0 Å². The van der Waals surface area contributed by atoms with Gasteiger partial charge in [0.1, 0.15) is 57.5 Å². The van der Waals surface area contributed by atoms with Gasteiger partial charge in [0.05, 0.1) is 11.5 Å². The Morgan fingerprint density at radius 1 is 0.548 bits per heavy atom. The number of ether oxygens (including phenoxy) is 2. The summed E-state index contributed by atoms with van der Waals surface area (Å²) in [5.74, 6) is -7.60. The molecule has 12 nitrogen and oxygen atoms in total. The number of carbonyl (C=O) groups excluding carboxylic acids is 2. The molecule has 4 aromatic carbocycles. The van der Waals surface area contributed by atoms with E-state index in [2.05, 4.69) is 0 Å². The average Bonchev–Trinajstić information content (AvgIpc) is 2.92. The van der Waals surface area contributed by atoms with Gasteiger partial charge in [-0.15, -0.1) is 0 Å². The molecule has 0 amide bonds. The summed E-state index contributed by atoms with van der Waals surface area (Å²) >= 11 is 0. The van der Waals surface area contributed by atoms with Crippen molar-refractivity contribution in [2.45, 2.75) is 24.2 Å². The van der Waals surface area contributed by atoms with E-state index in [1.165, 1.54) is 30.3 Å². The van der Waals surface area contributed by atoms with E-state index in [4.69, 9.17) is 9.47 Å². The van der Waals surface area contributed by atoms with Gasteiger partial charge in [0.2, 0.25) is 5.78 Å². The lowest BCUT2D eigenvalue weighted by molar-refractivity contribution is 0.0196.